The van der Waals surface area contributed by atoms with Gasteiger partial charge in [0, 0.05) is 10.0 Å². The molecule has 0 aliphatic heterocycles. The zero-order chi connectivity index (χ0) is 18.8. The van der Waals surface area contributed by atoms with E-state index < -0.39 is 0 Å². The number of aromatic nitrogens is 3. The summed E-state index contributed by atoms with van der Waals surface area (Å²) in [6.45, 7) is 1.56. The van der Waals surface area contributed by atoms with E-state index >= 15 is 0 Å². The predicted molar refractivity (Wildman–Crippen MR) is 114 cm³/mol. The van der Waals surface area contributed by atoms with Gasteiger partial charge in [-0.05, 0) is 53.1 Å². The average Bonchev–Trinajstić information content (AvgIpc) is 3.15. The molecule has 1 heterocycles. The van der Waals surface area contributed by atoms with Gasteiger partial charge in [0.2, 0.25) is 0 Å². The molecule has 0 atom stereocenters. The molecule has 0 radical (unpaired) electrons. The summed E-state index contributed by atoms with van der Waals surface area (Å²) in [5, 5.41) is 10.3. The predicted octanol–water partition coefficient (Wildman–Crippen LogP) is 5.74. The summed E-state index contributed by atoms with van der Waals surface area (Å²) in [6, 6.07) is 20.9. The maximum absolute atomic E-state index is 11.1. The summed E-state index contributed by atoms with van der Waals surface area (Å²) in [4.78, 5) is 15.6. The van der Waals surface area contributed by atoms with Crippen LogP contribution in [0.4, 0.5) is 0 Å². The number of aromatic amines is 1. The lowest BCUT2D eigenvalue weighted by Gasteiger charge is -2.07. The number of hydrogen-bond acceptors (Lipinski definition) is 4. The van der Waals surface area contributed by atoms with E-state index in [4.69, 9.17) is 0 Å². The quantitative estimate of drug-likeness (QED) is 0.404. The van der Waals surface area contributed by atoms with Crippen molar-refractivity contribution in [2.45, 2.75) is 12.1 Å². The first-order chi connectivity index (χ1) is 13.1. The summed E-state index contributed by atoms with van der Waals surface area (Å²) in [6.07, 6.45) is 0. The van der Waals surface area contributed by atoms with Crippen molar-refractivity contribution in [3.8, 4) is 22.5 Å². The Kier molecular flexibility index (Phi) is 5.09. The van der Waals surface area contributed by atoms with Crippen LogP contribution in [0.1, 0.15) is 6.92 Å². The number of nitrogens with zero attached hydrogens (tertiary/aromatic N) is 2. The van der Waals surface area contributed by atoms with E-state index in [0.29, 0.717) is 16.7 Å². The van der Waals surface area contributed by atoms with E-state index in [9.17, 15) is 4.79 Å². The summed E-state index contributed by atoms with van der Waals surface area (Å²) in [5.74, 6) is 1.11. The minimum atomic E-state index is 0.110. The van der Waals surface area contributed by atoms with Gasteiger partial charge in [0.15, 0.2) is 11.0 Å². The van der Waals surface area contributed by atoms with E-state index in [-0.39, 0.29) is 5.78 Å². The summed E-state index contributed by atoms with van der Waals surface area (Å²) >= 11 is 4.96. The van der Waals surface area contributed by atoms with Crippen LogP contribution >= 0.6 is 27.7 Å². The maximum atomic E-state index is 11.1. The molecule has 0 saturated carbocycles. The Hall–Kier alpha value is -2.44. The number of rotatable bonds is 5. The van der Waals surface area contributed by atoms with Crippen LogP contribution in [0.5, 0.6) is 0 Å². The molecule has 134 valence electrons. The smallest absolute Gasteiger partial charge is 0.184 e. The molecule has 1 aromatic heterocycles. The van der Waals surface area contributed by atoms with Crippen molar-refractivity contribution >= 4 is 44.2 Å². The number of carbonyl (C=O) groups is 1. The monoisotopic (exact) mass is 437 g/mol. The van der Waals surface area contributed by atoms with E-state index in [1.165, 1.54) is 22.5 Å². The number of thioether (sulfide) groups is 1. The number of H-pyrrole nitrogens is 1. The van der Waals surface area contributed by atoms with Gasteiger partial charge in [-0.3, -0.25) is 9.89 Å². The first-order valence-electron chi connectivity index (χ1n) is 8.43. The minimum Gasteiger partial charge on any atom is -0.299 e. The number of ketones is 1. The largest absolute Gasteiger partial charge is 0.299 e. The highest BCUT2D eigenvalue weighted by molar-refractivity contribution is 9.10. The molecule has 4 nitrogen and oxygen atoms in total. The van der Waals surface area contributed by atoms with Crippen LogP contribution < -0.4 is 0 Å². The zero-order valence-corrected chi connectivity index (χ0v) is 17.0. The topological polar surface area (TPSA) is 58.6 Å². The number of hydrogen-bond donors (Lipinski definition) is 1. The van der Waals surface area contributed by atoms with Gasteiger partial charge < -0.3 is 0 Å². The molecule has 0 bridgehead atoms. The Morgan fingerprint density at radius 3 is 2.59 bits per heavy atom. The third-order valence-electron chi connectivity index (χ3n) is 4.12. The SMILES string of the molecule is CC(=O)CSc1nc(-c2cc(Br)cc(-c3ccc4ccccc4c3)c2)n[nH]1. The molecular weight excluding hydrogens is 422 g/mol. The number of halogens is 1. The fraction of sp³-hybridized carbons (Fsp3) is 0.0952. The third kappa shape index (κ3) is 4.12. The Morgan fingerprint density at radius 2 is 1.78 bits per heavy atom. The molecule has 3 aromatic carbocycles. The molecule has 1 N–H and O–H groups in total. The number of carbonyl (C=O) groups excluding carboxylic acids is 1. The zero-order valence-electron chi connectivity index (χ0n) is 14.6. The van der Waals surface area contributed by atoms with Crippen molar-refractivity contribution < 1.29 is 4.79 Å². The van der Waals surface area contributed by atoms with E-state index in [1.807, 2.05) is 18.2 Å². The van der Waals surface area contributed by atoms with Crippen LogP contribution in [-0.4, -0.2) is 26.7 Å². The van der Waals surface area contributed by atoms with Crippen molar-refractivity contribution in [1.29, 1.82) is 0 Å². The Morgan fingerprint density at radius 1 is 1.00 bits per heavy atom. The molecule has 4 rings (SSSR count). The fourth-order valence-corrected chi connectivity index (χ4v) is 3.96. The second-order valence-electron chi connectivity index (χ2n) is 6.25. The first-order valence-corrected chi connectivity index (χ1v) is 10.2. The van der Waals surface area contributed by atoms with E-state index in [2.05, 4.69) is 73.6 Å². The van der Waals surface area contributed by atoms with Gasteiger partial charge in [0.1, 0.15) is 5.78 Å². The van der Waals surface area contributed by atoms with Crippen LogP contribution in [0.3, 0.4) is 0 Å². The van der Waals surface area contributed by atoms with Crippen molar-refractivity contribution in [3.63, 3.8) is 0 Å². The van der Waals surface area contributed by atoms with Gasteiger partial charge in [-0.1, -0.05) is 64.1 Å². The minimum absolute atomic E-state index is 0.110. The van der Waals surface area contributed by atoms with Crippen molar-refractivity contribution in [2.75, 3.05) is 5.75 Å². The summed E-state index contributed by atoms with van der Waals surface area (Å²) in [7, 11) is 0. The second-order valence-corrected chi connectivity index (χ2v) is 8.13. The molecule has 0 spiro atoms. The molecular formula is C21H16BrN3OS. The Bertz CT molecular complexity index is 1140. The molecule has 0 aliphatic rings. The Labute approximate surface area is 169 Å². The number of Topliss-reactive ketones (excluding diaryl/α,β-unsaturated/α-hetero) is 1. The highest BCUT2D eigenvalue weighted by Gasteiger charge is 2.10. The first kappa shape index (κ1) is 17.9. The highest BCUT2D eigenvalue weighted by Crippen LogP contribution is 2.31. The maximum Gasteiger partial charge on any atom is 0.184 e. The molecule has 0 fully saturated rings. The number of nitrogens with one attached hydrogen (secondary N) is 1. The van der Waals surface area contributed by atoms with E-state index in [1.54, 1.807) is 6.92 Å². The number of fused-ring (bicyclic) bond motifs is 1. The van der Waals surface area contributed by atoms with Crippen molar-refractivity contribution in [1.82, 2.24) is 15.2 Å². The lowest BCUT2D eigenvalue weighted by molar-refractivity contribution is -0.114. The molecule has 4 aromatic rings. The lowest BCUT2D eigenvalue weighted by atomic mass is 9.99. The third-order valence-corrected chi connectivity index (χ3v) is 5.58. The van der Waals surface area contributed by atoms with Crippen LogP contribution in [0, 0.1) is 0 Å². The van der Waals surface area contributed by atoms with Crippen molar-refractivity contribution in [2.24, 2.45) is 0 Å². The fourth-order valence-electron chi connectivity index (χ4n) is 2.86. The Balaban J connectivity index is 1.69. The molecule has 0 unspecified atom stereocenters. The standard InChI is InChI=1S/C21H16BrN3OS/c1-13(26)12-27-21-23-20(24-25-21)18-9-17(10-19(22)11-18)16-7-6-14-4-2-3-5-15(14)8-16/h2-11H,12H2,1H3,(H,23,24,25). The van der Waals surface area contributed by atoms with Gasteiger partial charge in [0.05, 0.1) is 5.75 Å². The lowest BCUT2D eigenvalue weighted by Crippen LogP contribution is -1.93. The summed E-state index contributed by atoms with van der Waals surface area (Å²) < 4.78 is 0.964. The number of benzene rings is 3. The van der Waals surface area contributed by atoms with Gasteiger partial charge in [-0.2, -0.15) is 5.10 Å². The molecule has 0 amide bonds. The second kappa shape index (κ2) is 7.66. The molecule has 6 heteroatoms. The summed E-state index contributed by atoms with van der Waals surface area (Å²) in [5.41, 5.74) is 3.14. The van der Waals surface area contributed by atoms with E-state index in [0.717, 1.165) is 21.2 Å². The average molecular weight is 438 g/mol. The van der Waals surface area contributed by atoms with Crippen LogP contribution in [-0.2, 0) is 4.79 Å². The van der Waals surface area contributed by atoms with Crippen LogP contribution in [0.2, 0.25) is 0 Å². The normalized spacial score (nSPS) is 11.0. The van der Waals surface area contributed by atoms with Gasteiger partial charge >= 0.3 is 0 Å². The van der Waals surface area contributed by atoms with Crippen LogP contribution in [0.25, 0.3) is 33.3 Å². The molecule has 0 aliphatic carbocycles. The molecule has 27 heavy (non-hydrogen) atoms. The highest BCUT2D eigenvalue weighted by atomic mass is 79.9. The molecule has 0 saturated heterocycles. The van der Waals surface area contributed by atoms with Gasteiger partial charge in [-0.15, -0.1) is 0 Å². The van der Waals surface area contributed by atoms with Gasteiger partial charge in [-0.25, -0.2) is 4.98 Å². The van der Waals surface area contributed by atoms with Crippen LogP contribution in [0.15, 0.2) is 70.3 Å². The van der Waals surface area contributed by atoms with Gasteiger partial charge in [0.25, 0.3) is 0 Å². The van der Waals surface area contributed by atoms with Crippen molar-refractivity contribution in [3.05, 3.63) is 65.1 Å².